The molecule has 1 aliphatic rings. The largest absolute Gasteiger partial charge is 0.494 e. The highest BCUT2D eigenvalue weighted by Crippen LogP contribution is 2.36. The first-order valence-corrected chi connectivity index (χ1v) is 10.1. The Balaban J connectivity index is 2.58. The smallest absolute Gasteiger partial charge is 0.273 e. The number of ether oxygens (including phenoxy) is 1. The number of hydrogen-bond acceptors (Lipinski definition) is 4. The average molecular weight is 292 g/mol. The maximum Gasteiger partial charge on any atom is 0.273 e. The van der Waals surface area contributed by atoms with Crippen molar-refractivity contribution in [3.63, 3.8) is 0 Å². The summed E-state index contributed by atoms with van der Waals surface area (Å²) in [5.74, 6) is 0.677. The lowest BCUT2D eigenvalue weighted by molar-refractivity contribution is -0.111. The van der Waals surface area contributed by atoms with Crippen molar-refractivity contribution in [1.29, 1.82) is 0 Å². The van der Waals surface area contributed by atoms with Crippen molar-refractivity contribution in [2.45, 2.75) is 26.6 Å². The third-order valence-electron chi connectivity index (χ3n) is 3.04. The molecule has 0 bridgehead atoms. The Kier molecular flexibility index (Phi) is 3.85. The van der Waals surface area contributed by atoms with Gasteiger partial charge in [0, 0.05) is 17.3 Å². The van der Waals surface area contributed by atoms with Crippen LogP contribution in [-0.2, 0) is 9.63 Å². The second-order valence-electron chi connectivity index (χ2n) is 5.55. The number of anilines is 1. The van der Waals surface area contributed by atoms with Crippen molar-refractivity contribution in [3.8, 4) is 5.75 Å². The zero-order chi connectivity index (χ0) is 14.9. The van der Waals surface area contributed by atoms with Gasteiger partial charge in [0.1, 0.15) is 12.9 Å². The molecule has 0 radical (unpaired) electrons. The SMILES string of the molecule is CCOc1ccc2c(c1)N([Si](C)(C)C)C(=O)/C2=N\OC. The zero-order valence-corrected chi connectivity index (χ0v) is 13.6. The summed E-state index contributed by atoms with van der Waals surface area (Å²) in [6.07, 6.45) is 0. The predicted octanol–water partition coefficient (Wildman–Crippen LogP) is 2.62. The van der Waals surface area contributed by atoms with Crippen molar-refractivity contribution in [1.82, 2.24) is 0 Å². The van der Waals surface area contributed by atoms with Crippen molar-refractivity contribution in [2.75, 3.05) is 18.3 Å². The second kappa shape index (κ2) is 5.28. The van der Waals surface area contributed by atoms with Crippen LogP contribution in [0.15, 0.2) is 23.4 Å². The maximum absolute atomic E-state index is 12.6. The monoisotopic (exact) mass is 292 g/mol. The third-order valence-corrected chi connectivity index (χ3v) is 4.82. The predicted molar refractivity (Wildman–Crippen MR) is 82.0 cm³/mol. The van der Waals surface area contributed by atoms with Gasteiger partial charge in [0.2, 0.25) is 0 Å². The minimum absolute atomic E-state index is 0.0883. The van der Waals surface area contributed by atoms with E-state index >= 15 is 0 Å². The Hall–Kier alpha value is -1.82. The Morgan fingerprint density at radius 3 is 2.55 bits per heavy atom. The van der Waals surface area contributed by atoms with E-state index in [2.05, 4.69) is 24.8 Å². The molecule has 0 unspecified atom stereocenters. The lowest BCUT2D eigenvalue weighted by Gasteiger charge is -2.30. The highest BCUT2D eigenvalue weighted by Gasteiger charge is 2.41. The first kappa shape index (κ1) is 14.6. The molecule has 2 rings (SSSR count). The van der Waals surface area contributed by atoms with Crippen molar-refractivity contribution < 1.29 is 14.4 Å². The van der Waals surface area contributed by atoms with Gasteiger partial charge in [-0.2, -0.15) is 0 Å². The van der Waals surface area contributed by atoms with Crippen LogP contribution in [0.25, 0.3) is 0 Å². The minimum atomic E-state index is -1.86. The van der Waals surface area contributed by atoms with E-state index in [1.165, 1.54) is 7.11 Å². The molecule has 0 aromatic heterocycles. The lowest BCUT2D eigenvalue weighted by Crippen LogP contribution is -2.49. The molecule has 0 spiro atoms. The van der Waals surface area contributed by atoms with E-state index < -0.39 is 8.24 Å². The van der Waals surface area contributed by atoms with E-state index in [4.69, 9.17) is 9.57 Å². The van der Waals surface area contributed by atoms with Crippen LogP contribution in [0.2, 0.25) is 19.6 Å². The molecule has 0 atom stereocenters. The number of fused-ring (bicyclic) bond motifs is 1. The number of rotatable bonds is 4. The van der Waals surface area contributed by atoms with Crippen molar-refractivity contribution in [3.05, 3.63) is 23.8 Å². The average Bonchev–Trinajstić information content (AvgIpc) is 2.62. The van der Waals surface area contributed by atoms with Crippen LogP contribution in [0.1, 0.15) is 12.5 Å². The first-order valence-electron chi connectivity index (χ1n) is 6.63. The molecule has 1 aliphatic heterocycles. The summed E-state index contributed by atoms with van der Waals surface area (Å²) in [6.45, 7) is 8.90. The van der Waals surface area contributed by atoms with E-state index in [9.17, 15) is 4.79 Å². The number of oxime groups is 1. The summed E-state index contributed by atoms with van der Waals surface area (Å²) in [6, 6.07) is 5.64. The number of hydrogen-bond donors (Lipinski definition) is 0. The number of benzene rings is 1. The van der Waals surface area contributed by atoms with Gasteiger partial charge in [0.05, 0.1) is 6.61 Å². The summed E-state index contributed by atoms with van der Waals surface area (Å²) in [5, 5.41) is 3.89. The molecule has 1 amide bonds. The molecule has 108 valence electrons. The Morgan fingerprint density at radius 2 is 2.00 bits per heavy atom. The van der Waals surface area contributed by atoms with Gasteiger partial charge in [-0.3, -0.25) is 4.79 Å². The van der Waals surface area contributed by atoms with E-state index in [1.807, 2.05) is 29.7 Å². The van der Waals surface area contributed by atoms with Crippen LogP contribution in [0, 0.1) is 0 Å². The fourth-order valence-electron chi connectivity index (χ4n) is 2.33. The summed E-state index contributed by atoms with van der Waals surface area (Å²) in [7, 11) is -0.413. The molecule has 6 heteroatoms. The van der Waals surface area contributed by atoms with Crippen LogP contribution in [0.3, 0.4) is 0 Å². The highest BCUT2D eigenvalue weighted by atomic mass is 28.3. The molecule has 1 heterocycles. The standard InChI is InChI=1S/C14H20N2O3Si/c1-6-19-10-7-8-11-12(9-10)16(20(3,4)5)14(17)13(11)15-18-2/h7-9H,6H2,1-5H3/b15-13-. The van der Waals surface area contributed by atoms with E-state index in [0.717, 1.165) is 17.0 Å². The van der Waals surface area contributed by atoms with Crippen LogP contribution in [-0.4, -0.2) is 33.6 Å². The van der Waals surface area contributed by atoms with E-state index in [-0.39, 0.29) is 5.91 Å². The van der Waals surface area contributed by atoms with Gasteiger partial charge in [0.25, 0.3) is 5.91 Å². The minimum Gasteiger partial charge on any atom is -0.494 e. The highest BCUT2D eigenvalue weighted by molar-refractivity contribution is 6.87. The molecule has 0 fully saturated rings. The molecule has 1 aromatic carbocycles. The van der Waals surface area contributed by atoms with Crippen molar-refractivity contribution in [2.24, 2.45) is 5.16 Å². The second-order valence-corrected chi connectivity index (χ2v) is 10.3. The summed E-state index contributed by atoms with van der Waals surface area (Å²) in [5.41, 5.74) is 2.05. The number of nitrogens with zero attached hydrogens (tertiary/aromatic N) is 2. The van der Waals surface area contributed by atoms with Gasteiger partial charge in [-0.1, -0.05) is 24.8 Å². The third kappa shape index (κ3) is 2.43. The van der Waals surface area contributed by atoms with E-state index in [0.29, 0.717) is 12.3 Å². The molecule has 0 saturated heterocycles. The Morgan fingerprint density at radius 1 is 1.30 bits per heavy atom. The molecule has 0 saturated carbocycles. The van der Waals surface area contributed by atoms with Crippen LogP contribution in [0.5, 0.6) is 5.75 Å². The maximum atomic E-state index is 12.6. The fourth-order valence-corrected chi connectivity index (χ4v) is 3.95. The van der Waals surface area contributed by atoms with Gasteiger partial charge in [-0.15, -0.1) is 0 Å². The van der Waals surface area contributed by atoms with Crippen LogP contribution < -0.4 is 9.30 Å². The molecular weight excluding hydrogens is 272 g/mol. The van der Waals surface area contributed by atoms with E-state index in [1.54, 1.807) is 0 Å². The molecule has 1 aromatic rings. The molecule has 5 nitrogen and oxygen atoms in total. The summed E-state index contributed by atoms with van der Waals surface area (Å²) in [4.78, 5) is 17.4. The number of amides is 1. The normalized spacial score (nSPS) is 16.6. The molecule has 0 N–H and O–H groups in total. The molecule has 20 heavy (non-hydrogen) atoms. The molecule has 0 aliphatic carbocycles. The zero-order valence-electron chi connectivity index (χ0n) is 12.6. The van der Waals surface area contributed by atoms with Gasteiger partial charge in [-0.05, 0) is 19.1 Å². The van der Waals surface area contributed by atoms with Crippen LogP contribution >= 0.6 is 0 Å². The topological polar surface area (TPSA) is 51.1 Å². The van der Waals surface area contributed by atoms with Gasteiger partial charge < -0.3 is 14.1 Å². The molecular formula is C14H20N2O3Si. The number of carbonyl (C=O) groups is 1. The van der Waals surface area contributed by atoms with Crippen molar-refractivity contribution >= 4 is 25.5 Å². The van der Waals surface area contributed by atoms with Gasteiger partial charge in [-0.25, -0.2) is 0 Å². The van der Waals surface area contributed by atoms with Gasteiger partial charge >= 0.3 is 0 Å². The summed E-state index contributed by atoms with van der Waals surface area (Å²) < 4.78 is 7.39. The van der Waals surface area contributed by atoms with Gasteiger partial charge in [0.15, 0.2) is 13.9 Å². The Bertz CT molecular complexity index is 564. The quantitative estimate of drug-likeness (QED) is 0.633. The lowest BCUT2D eigenvalue weighted by atomic mass is 10.1. The fraction of sp³-hybridized carbons (Fsp3) is 0.429. The summed E-state index contributed by atoms with van der Waals surface area (Å²) >= 11 is 0. The first-order chi connectivity index (χ1) is 9.40. The number of carbonyl (C=O) groups excluding carboxylic acids is 1. The van der Waals surface area contributed by atoms with Crippen LogP contribution in [0.4, 0.5) is 5.69 Å². The Labute approximate surface area is 120 Å².